The average molecular weight is 771 g/mol. The van der Waals surface area contributed by atoms with Gasteiger partial charge in [-0.2, -0.15) is 0 Å². The number of anilines is 1. The van der Waals surface area contributed by atoms with Gasteiger partial charge in [0.25, 0.3) is 5.91 Å². The van der Waals surface area contributed by atoms with Crippen molar-refractivity contribution in [1.82, 2.24) is 24.8 Å². The van der Waals surface area contributed by atoms with Crippen LogP contribution in [0.15, 0.2) is 35.7 Å². The Hall–Kier alpha value is -4.05. The predicted octanol–water partition coefficient (Wildman–Crippen LogP) is 4.49. The fraction of sp³-hybridized carbons (Fsp3) is 0.595. The summed E-state index contributed by atoms with van der Waals surface area (Å²) in [5.41, 5.74) is 0.272. The molecule has 3 aliphatic heterocycles. The van der Waals surface area contributed by atoms with Gasteiger partial charge < -0.3 is 20.3 Å². The molecule has 0 spiro atoms. The minimum Gasteiger partial charge on any atom is -0.444 e. The Morgan fingerprint density at radius 2 is 1.91 bits per heavy atom. The molecule has 5 aliphatic rings. The van der Waals surface area contributed by atoms with Gasteiger partial charge in [-0.05, 0) is 50.2 Å². The number of aromatic nitrogens is 1. The fourth-order valence-corrected chi connectivity index (χ4v) is 9.76. The number of hydrogen-bond donors (Lipinski definition) is 3. The second-order valence-electron chi connectivity index (χ2n) is 16.0. The van der Waals surface area contributed by atoms with Gasteiger partial charge in [0.05, 0.1) is 24.0 Å². The van der Waals surface area contributed by atoms with E-state index >= 15 is 0 Å². The maximum atomic E-state index is 14.6. The highest BCUT2D eigenvalue weighted by molar-refractivity contribution is 7.91. The second kappa shape index (κ2) is 14.3. The normalized spacial score (nSPS) is 28.5. The van der Waals surface area contributed by atoms with E-state index < -0.39 is 68.6 Å². The van der Waals surface area contributed by atoms with E-state index in [1.165, 1.54) is 27.2 Å². The first kappa shape index (κ1) is 37.3. The molecule has 3 fully saturated rings. The number of nitrogens with zero attached hydrogens (tertiary/aromatic N) is 3. The quantitative estimate of drug-likeness (QED) is 0.359. The highest BCUT2D eigenvalue weighted by atomic mass is 32.2. The summed E-state index contributed by atoms with van der Waals surface area (Å²) in [6.07, 6.45) is 6.94. The number of sulfonamides is 1. The molecule has 13 nitrogen and oxygen atoms in total. The lowest BCUT2D eigenvalue weighted by atomic mass is 9.93. The topological polar surface area (TPSA) is 167 Å². The Labute approximate surface area is 313 Å². The van der Waals surface area contributed by atoms with Crippen molar-refractivity contribution in [3.8, 4) is 0 Å². The summed E-state index contributed by atoms with van der Waals surface area (Å²) < 4.78 is 48.2. The molecule has 5 atom stereocenters. The van der Waals surface area contributed by atoms with Crippen LogP contribution in [-0.2, 0) is 47.6 Å². The van der Waals surface area contributed by atoms with Gasteiger partial charge in [-0.15, -0.1) is 11.3 Å². The number of carbonyl (C=O) groups excluding carboxylic acids is 4. The first-order chi connectivity index (χ1) is 25.1. The molecular formula is C37H47FN6O7S2. The number of hydrogen-bond acceptors (Lipinski definition) is 10. The number of ether oxygens (including phenoxy) is 1. The SMILES string of the molecule is CC(C)(C)c1csc(N[C@H]2CCCCC/C=C\[C@@H]3C[C@@]3(C(=O)NS(=O)(=O)C3CC3)NC(=O)[C@@H]3C[C@@H](OC(=O)N4Cc5cccc(F)c5C4)CN3C2=O)n1. The Kier molecular flexibility index (Phi) is 10.1. The largest absolute Gasteiger partial charge is 0.444 e. The van der Waals surface area contributed by atoms with Gasteiger partial charge in [0, 0.05) is 35.2 Å². The van der Waals surface area contributed by atoms with E-state index in [9.17, 15) is 32.0 Å². The van der Waals surface area contributed by atoms with Crippen molar-refractivity contribution in [2.24, 2.45) is 5.92 Å². The summed E-state index contributed by atoms with van der Waals surface area (Å²) in [6, 6.07) is 2.81. The van der Waals surface area contributed by atoms with Crippen LogP contribution in [-0.4, -0.2) is 82.5 Å². The van der Waals surface area contributed by atoms with Gasteiger partial charge in [-0.3, -0.25) is 24.0 Å². The molecule has 16 heteroatoms. The molecule has 2 aliphatic carbocycles. The number of carbonyl (C=O) groups is 4. The van der Waals surface area contributed by atoms with Crippen LogP contribution in [0.3, 0.4) is 0 Å². The number of rotatable bonds is 6. The van der Waals surface area contributed by atoms with Gasteiger partial charge in [-0.25, -0.2) is 22.6 Å². The molecule has 53 heavy (non-hydrogen) atoms. The Morgan fingerprint density at radius 1 is 1.11 bits per heavy atom. The van der Waals surface area contributed by atoms with Crippen LogP contribution in [0, 0.1) is 11.7 Å². The molecule has 1 saturated heterocycles. The van der Waals surface area contributed by atoms with Crippen molar-refractivity contribution in [3.63, 3.8) is 0 Å². The maximum absolute atomic E-state index is 14.6. The van der Waals surface area contributed by atoms with Crippen LogP contribution in [0.4, 0.5) is 14.3 Å². The molecular weight excluding hydrogens is 724 g/mol. The van der Waals surface area contributed by atoms with Gasteiger partial charge in [-0.1, -0.05) is 57.9 Å². The van der Waals surface area contributed by atoms with Crippen molar-refractivity contribution < 1.29 is 36.7 Å². The summed E-state index contributed by atoms with van der Waals surface area (Å²) in [5.74, 6) is -2.65. The lowest BCUT2D eigenvalue weighted by Crippen LogP contribution is -2.57. The third kappa shape index (κ3) is 7.94. The molecule has 2 saturated carbocycles. The van der Waals surface area contributed by atoms with Crippen LogP contribution >= 0.6 is 11.3 Å². The van der Waals surface area contributed by atoms with Gasteiger partial charge in [0.2, 0.25) is 21.8 Å². The van der Waals surface area contributed by atoms with Crippen LogP contribution in [0.1, 0.15) is 95.4 Å². The Morgan fingerprint density at radius 3 is 2.62 bits per heavy atom. The Bertz CT molecular complexity index is 1920. The van der Waals surface area contributed by atoms with E-state index in [4.69, 9.17) is 9.72 Å². The third-order valence-electron chi connectivity index (χ3n) is 10.9. The lowest BCUT2D eigenvalue weighted by Gasteiger charge is -2.30. The molecule has 7 rings (SSSR count). The monoisotopic (exact) mass is 770 g/mol. The van der Waals surface area contributed by atoms with Crippen LogP contribution < -0.4 is 15.4 Å². The first-order valence-electron chi connectivity index (χ1n) is 18.4. The molecule has 4 heterocycles. The molecule has 0 radical (unpaired) electrons. The zero-order chi connectivity index (χ0) is 37.7. The average Bonchev–Trinajstić information content (AvgIpc) is 3.88. The smallest absolute Gasteiger partial charge is 0.410 e. The number of nitrogens with one attached hydrogen (secondary N) is 3. The summed E-state index contributed by atoms with van der Waals surface area (Å²) in [6.45, 7) is 6.28. The highest BCUT2D eigenvalue weighted by Crippen LogP contribution is 2.46. The molecule has 0 bridgehead atoms. The summed E-state index contributed by atoms with van der Waals surface area (Å²) in [4.78, 5) is 63.5. The lowest BCUT2D eigenvalue weighted by molar-refractivity contribution is -0.140. The van der Waals surface area contributed by atoms with E-state index in [0.29, 0.717) is 35.5 Å². The van der Waals surface area contributed by atoms with Crippen LogP contribution in [0.2, 0.25) is 0 Å². The van der Waals surface area contributed by atoms with E-state index in [1.807, 2.05) is 17.5 Å². The molecule has 4 amide bonds. The van der Waals surface area contributed by atoms with E-state index in [0.717, 1.165) is 31.4 Å². The van der Waals surface area contributed by atoms with Crippen molar-refractivity contribution in [2.75, 3.05) is 11.9 Å². The standard InChI is InChI=1S/C37H47FN6O7S2/c1-36(2,3)30-21-52-34(40-30)39-28-13-8-6-4-5-7-11-23-17-37(23,33(47)42-53(49,50)25-14-15-25)41-31(45)29-16-24(19-44(29)32(28)46)51-35(48)43-18-22-10-9-12-27(38)26(22)20-43/h7,9-12,21,23-25,28-29H,4-6,8,13-20H2,1-3H3,(H,39,40)(H,41,45)(H,42,47)/b11-7-/t23-,24-,28+,29+,37-/m1/s1. The molecule has 3 N–H and O–H groups in total. The van der Waals surface area contributed by atoms with Crippen molar-refractivity contribution in [1.29, 1.82) is 0 Å². The first-order valence-corrected chi connectivity index (χ1v) is 20.9. The van der Waals surface area contributed by atoms with Gasteiger partial charge in [0.15, 0.2) is 5.13 Å². The number of fused-ring (bicyclic) bond motifs is 3. The van der Waals surface area contributed by atoms with Crippen molar-refractivity contribution in [2.45, 2.75) is 126 Å². The highest BCUT2D eigenvalue weighted by Gasteiger charge is 2.62. The maximum Gasteiger partial charge on any atom is 0.410 e. The molecule has 286 valence electrons. The van der Waals surface area contributed by atoms with Crippen LogP contribution in [0.25, 0.3) is 0 Å². The van der Waals surface area contributed by atoms with E-state index in [-0.39, 0.29) is 43.8 Å². The summed E-state index contributed by atoms with van der Waals surface area (Å²) in [7, 11) is -3.89. The number of thiazole rings is 1. The second-order valence-corrected chi connectivity index (χ2v) is 18.8. The van der Waals surface area contributed by atoms with Crippen LogP contribution in [0.5, 0.6) is 0 Å². The number of amides is 4. The molecule has 0 unspecified atom stereocenters. The molecule has 1 aromatic carbocycles. The Balaban J connectivity index is 1.15. The molecule has 2 aromatic rings. The summed E-state index contributed by atoms with van der Waals surface area (Å²) >= 11 is 1.40. The van der Waals surface area contributed by atoms with Crippen molar-refractivity contribution in [3.05, 3.63) is 58.4 Å². The van der Waals surface area contributed by atoms with E-state index in [2.05, 4.69) is 36.1 Å². The van der Waals surface area contributed by atoms with Gasteiger partial charge >= 0.3 is 6.09 Å². The number of allylic oxidation sites excluding steroid dienone is 1. The minimum absolute atomic E-state index is 0.0345. The zero-order valence-corrected chi connectivity index (χ0v) is 31.9. The third-order valence-corrected chi connectivity index (χ3v) is 13.5. The summed E-state index contributed by atoms with van der Waals surface area (Å²) in [5, 5.41) is 8.09. The molecule has 1 aromatic heterocycles. The predicted molar refractivity (Wildman–Crippen MR) is 196 cm³/mol. The van der Waals surface area contributed by atoms with Gasteiger partial charge in [0.1, 0.15) is 29.5 Å². The zero-order valence-electron chi connectivity index (χ0n) is 30.2. The minimum atomic E-state index is -3.89. The fourth-order valence-electron chi connectivity index (χ4n) is 7.41. The number of benzene rings is 1. The van der Waals surface area contributed by atoms with E-state index in [1.54, 1.807) is 12.1 Å². The number of halogens is 1. The van der Waals surface area contributed by atoms with Crippen molar-refractivity contribution >= 4 is 50.3 Å².